The third-order valence-corrected chi connectivity index (χ3v) is 4.34. The largest absolute Gasteiger partial charge is 0.320 e. The fourth-order valence-corrected chi connectivity index (χ4v) is 2.97. The van der Waals surface area contributed by atoms with Gasteiger partial charge >= 0.3 is 0 Å². The average Bonchev–Trinajstić information content (AvgIpc) is 2.92. The zero-order valence-corrected chi connectivity index (χ0v) is 17.3. The molecule has 0 aliphatic rings. The van der Waals surface area contributed by atoms with Crippen LogP contribution in [0.5, 0.6) is 0 Å². The van der Waals surface area contributed by atoms with E-state index in [-0.39, 0.29) is 11.0 Å². The van der Waals surface area contributed by atoms with Crippen molar-refractivity contribution < 1.29 is 9.18 Å². The Morgan fingerprint density at radius 3 is 2.38 bits per heavy atom. The normalized spacial score (nSPS) is 11.0. The van der Waals surface area contributed by atoms with Crippen molar-refractivity contribution in [2.75, 3.05) is 5.32 Å². The Bertz CT molecular complexity index is 1110. The minimum absolute atomic E-state index is 0.0647. The topological polar surface area (TPSA) is 46.9 Å². The van der Waals surface area contributed by atoms with Gasteiger partial charge in [0.15, 0.2) is 0 Å². The summed E-state index contributed by atoms with van der Waals surface area (Å²) in [5.41, 5.74) is 3.06. The van der Waals surface area contributed by atoms with Crippen molar-refractivity contribution in [3.63, 3.8) is 0 Å². The summed E-state index contributed by atoms with van der Waals surface area (Å²) in [5, 5.41) is 6.89. The summed E-state index contributed by atoms with van der Waals surface area (Å²) in [6, 6.07) is 15.4. The molecule has 0 unspecified atom stereocenters. The van der Waals surface area contributed by atoms with Crippen molar-refractivity contribution in [2.45, 2.75) is 27.7 Å². The number of halogens is 1. The van der Waals surface area contributed by atoms with E-state index in [2.05, 4.69) is 22.3 Å². The number of nitrogens with zero attached hydrogens (tertiary/aromatic N) is 2. The predicted octanol–water partition coefficient (Wildman–Crippen LogP) is 5.18. The first-order valence-corrected chi connectivity index (χ1v) is 9.39. The van der Waals surface area contributed by atoms with Crippen LogP contribution in [0.15, 0.2) is 48.5 Å². The summed E-state index contributed by atoms with van der Waals surface area (Å²) >= 11 is 0. The summed E-state index contributed by atoms with van der Waals surface area (Å²) < 4.78 is 15.5. The highest BCUT2D eigenvalue weighted by Gasteiger charge is 2.22. The van der Waals surface area contributed by atoms with E-state index in [4.69, 9.17) is 0 Å². The number of benzene rings is 2. The Kier molecular flexibility index (Phi) is 5.56. The van der Waals surface area contributed by atoms with E-state index in [1.165, 1.54) is 7.05 Å². The van der Waals surface area contributed by atoms with Gasteiger partial charge in [0, 0.05) is 23.6 Å². The van der Waals surface area contributed by atoms with Crippen LogP contribution in [0.2, 0.25) is 0 Å². The molecule has 0 radical (unpaired) electrons. The number of hydrogen-bond donors (Lipinski definition) is 1. The summed E-state index contributed by atoms with van der Waals surface area (Å²) in [4.78, 5) is 13.0. The molecule has 1 N–H and O–H groups in total. The molecule has 0 fully saturated rings. The zero-order chi connectivity index (χ0) is 21.2. The second kappa shape index (κ2) is 7.92. The summed E-state index contributed by atoms with van der Waals surface area (Å²) in [6.45, 7) is 7.68. The van der Waals surface area contributed by atoms with Crippen LogP contribution in [-0.2, 0) is 7.05 Å². The molecule has 0 saturated carbocycles. The molecular formula is C24H24FN3O. The van der Waals surface area contributed by atoms with Gasteiger partial charge in [0.05, 0.1) is 11.4 Å². The molecule has 1 heterocycles. The first-order valence-electron chi connectivity index (χ1n) is 9.39. The van der Waals surface area contributed by atoms with Crippen LogP contribution >= 0.6 is 0 Å². The van der Waals surface area contributed by atoms with Crippen molar-refractivity contribution in [3.8, 4) is 23.0 Å². The van der Waals surface area contributed by atoms with Gasteiger partial charge in [0.25, 0.3) is 5.91 Å². The van der Waals surface area contributed by atoms with E-state index >= 15 is 0 Å². The standard InChI is InChI=1S/C24H24FN3O/c1-16-20(22(25)28(5)27-16)23(29)26-21-18(14-15-24(2,3)4)12-9-13-19(21)17-10-7-6-8-11-17/h6-13H,1-5H3,(H,26,29). The number of anilines is 1. The maximum absolute atomic E-state index is 14.4. The quantitative estimate of drug-likeness (QED) is 0.627. The maximum atomic E-state index is 14.4. The van der Waals surface area contributed by atoms with Crippen LogP contribution in [-0.4, -0.2) is 15.7 Å². The Labute approximate surface area is 170 Å². The number of carbonyl (C=O) groups is 1. The van der Waals surface area contributed by atoms with Gasteiger partial charge in [0.2, 0.25) is 5.95 Å². The van der Waals surface area contributed by atoms with Crippen molar-refractivity contribution in [3.05, 3.63) is 71.3 Å². The van der Waals surface area contributed by atoms with Gasteiger partial charge in [-0.1, -0.05) is 54.3 Å². The van der Waals surface area contributed by atoms with Crippen LogP contribution in [0, 0.1) is 30.1 Å². The number of carbonyl (C=O) groups excluding carboxylic acids is 1. The molecule has 1 amide bonds. The Hall–Kier alpha value is -3.39. The lowest BCUT2D eigenvalue weighted by Crippen LogP contribution is -2.16. The van der Waals surface area contributed by atoms with Crippen molar-refractivity contribution >= 4 is 11.6 Å². The lowest BCUT2D eigenvalue weighted by atomic mass is 9.95. The van der Waals surface area contributed by atoms with Crippen LogP contribution in [0.25, 0.3) is 11.1 Å². The third kappa shape index (κ3) is 4.55. The van der Waals surface area contributed by atoms with E-state index in [9.17, 15) is 9.18 Å². The van der Waals surface area contributed by atoms with E-state index < -0.39 is 11.9 Å². The lowest BCUT2D eigenvalue weighted by molar-refractivity contribution is 0.102. The molecule has 29 heavy (non-hydrogen) atoms. The number of rotatable bonds is 3. The van der Waals surface area contributed by atoms with E-state index in [0.717, 1.165) is 15.8 Å². The molecule has 0 spiro atoms. The van der Waals surface area contributed by atoms with Gasteiger partial charge < -0.3 is 5.32 Å². The number of hydrogen-bond acceptors (Lipinski definition) is 2. The first-order chi connectivity index (χ1) is 13.7. The highest BCUT2D eigenvalue weighted by atomic mass is 19.1. The second-order valence-corrected chi connectivity index (χ2v) is 7.92. The fraction of sp³-hybridized carbons (Fsp3) is 0.250. The number of para-hydroxylation sites is 1. The summed E-state index contributed by atoms with van der Waals surface area (Å²) in [6.07, 6.45) is 0. The molecule has 0 bridgehead atoms. The molecule has 148 valence electrons. The van der Waals surface area contributed by atoms with Crippen molar-refractivity contribution in [1.29, 1.82) is 0 Å². The average molecular weight is 389 g/mol. The predicted molar refractivity (Wildman–Crippen MR) is 114 cm³/mol. The Balaban J connectivity index is 2.13. The smallest absolute Gasteiger partial charge is 0.262 e. The second-order valence-electron chi connectivity index (χ2n) is 7.92. The molecule has 3 rings (SSSR count). The number of aromatic nitrogens is 2. The molecular weight excluding hydrogens is 365 g/mol. The molecule has 0 aliphatic carbocycles. The zero-order valence-electron chi connectivity index (χ0n) is 17.3. The molecule has 4 nitrogen and oxygen atoms in total. The summed E-state index contributed by atoms with van der Waals surface area (Å²) in [7, 11) is 1.47. The third-order valence-electron chi connectivity index (χ3n) is 4.34. The van der Waals surface area contributed by atoms with Crippen LogP contribution in [0.3, 0.4) is 0 Å². The van der Waals surface area contributed by atoms with E-state index in [0.29, 0.717) is 16.9 Å². The highest BCUT2D eigenvalue weighted by molar-refractivity contribution is 6.08. The Morgan fingerprint density at radius 1 is 1.10 bits per heavy atom. The molecule has 5 heteroatoms. The molecule has 2 aromatic carbocycles. The first kappa shape index (κ1) is 20.3. The summed E-state index contributed by atoms with van der Waals surface area (Å²) in [5.74, 6) is 5.17. The molecule has 1 aromatic heterocycles. The van der Waals surface area contributed by atoms with Gasteiger partial charge in [-0.3, -0.25) is 4.79 Å². The maximum Gasteiger partial charge on any atom is 0.262 e. The van der Waals surface area contributed by atoms with Crippen LogP contribution in [0.1, 0.15) is 42.4 Å². The van der Waals surface area contributed by atoms with Gasteiger partial charge in [-0.05, 0) is 39.3 Å². The number of amides is 1. The minimum atomic E-state index is -0.667. The molecule has 0 atom stereocenters. The van der Waals surface area contributed by atoms with Crippen LogP contribution < -0.4 is 5.32 Å². The van der Waals surface area contributed by atoms with Crippen LogP contribution in [0.4, 0.5) is 10.1 Å². The van der Waals surface area contributed by atoms with E-state index in [1.54, 1.807) is 6.92 Å². The van der Waals surface area contributed by atoms with Gasteiger partial charge in [-0.25, -0.2) is 4.68 Å². The minimum Gasteiger partial charge on any atom is -0.320 e. The fourth-order valence-electron chi connectivity index (χ4n) is 2.97. The van der Waals surface area contributed by atoms with Gasteiger partial charge in [0.1, 0.15) is 5.56 Å². The molecule has 0 saturated heterocycles. The molecule has 0 aliphatic heterocycles. The lowest BCUT2D eigenvalue weighted by Gasteiger charge is -2.14. The van der Waals surface area contributed by atoms with Gasteiger partial charge in [-0.15, -0.1) is 0 Å². The highest BCUT2D eigenvalue weighted by Crippen LogP contribution is 2.32. The monoisotopic (exact) mass is 389 g/mol. The number of aryl methyl sites for hydroxylation is 2. The van der Waals surface area contributed by atoms with E-state index in [1.807, 2.05) is 69.3 Å². The molecule has 3 aromatic rings. The Morgan fingerprint density at radius 2 is 1.79 bits per heavy atom. The van der Waals surface area contributed by atoms with Crippen molar-refractivity contribution in [2.24, 2.45) is 12.5 Å². The SMILES string of the molecule is Cc1nn(C)c(F)c1C(=O)Nc1c(C#CC(C)(C)C)cccc1-c1ccccc1. The van der Waals surface area contributed by atoms with Gasteiger partial charge in [-0.2, -0.15) is 9.49 Å². The number of nitrogens with one attached hydrogen (secondary N) is 1. The van der Waals surface area contributed by atoms with Crippen molar-refractivity contribution in [1.82, 2.24) is 9.78 Å².